The Bertz CT molecular complexity index is 222. The van der Waals surface area contributed by atoms with Crippen molar-refractivity contribution in [3.8, 4) is 5.75 Å². The first-order chi connectivity index (χ1) is 4.34. The van der Waals surface area contributed by atoms with Crippen LogP contribution >= 0.6 is 0 Å². The second-order valence-corrected chi connectivity index (χ2v) is 1.51. The molecule has 1 aromatic carbocycles. The Morgan fingerprint density at radius 2 is 2.44 bits per heavy atom. The van der Waals surface area contributed by atoms with Gasteiger partial charge in [0.25, 0.3) is 0 Å². The predicted octanol–water partition coefficient (Wildman–Crippen LogP) is 1.59. The molecule has 1 radical (unpaired) electrons. The lowest BCUT2D eigenvalue weighted by Crippen LogP contribution is -1.63. The summed E-state index contributed by atoms with van der Waals surface area (Å²) < 4.78 is 0. The van der Waals surface area contributed by atoms with Gasteiger partial charge in [-0.1, -0.05) is 6.07 Å². The van der Waals surface area contributed by atoms with E-state index < -0.39 is 0 Å². The third kappa shape index (κ3) is 1.05. The third-order valence-corrected chi connectivity index (χ3v) is 0.918. The number of hydrogen-bond donors (Lipinski definition) is 1. The van der Waals surface area contributed by atoms with Crippen LogP contribution in [0.4, 0.5) is 5.69 Å². The van der Waals surface area contributed by atoms with Gasteiger partial charge in [-0.15, -0.1) is 4.91 Å². The summed E-state index contributed by atoms with van der Waals surface area (Å²) in [5.74, 6) is -0.132. The molecule has 0 bridgehead atoms. The third-order valence-electron chi connectivity index (χ3n) is 0.918. The van der Waals surface area contributed by atoms with E-state index in [0.717, 1.165) is 0 Å². The molecule has 0 fully saturated rings. The highest BCUT2D eigenvalue weighted by molar-refractivity contribution is 5.49. The fraction of sp³-hybridized carbons (Fsp3) is 0. The minimum absolute atomic E-state index is 0.0498. The van der Waals surface area contributed by atoms with Gasteiger partial charge in [-0.3, -0.25) is 0 Å². The van der Waals surface area contributed by atoms with E-state index in [9.17, 15) is 4.91 Å². The van der Waals surface area contributed by atoms with Crippen LogP contribution in [-0.4, -0.2) is 5.11 Å². The van der Waals surface area contributed by atoms with Gasteiger partial charge in [0.2, 0.25) is 0 Å². The highest BCUT2D eigenvalue weighted by Crippen LogP contribution is 2.23. The van der Waals surface area contributed by atoms with E-state index in [1.807, 2.05) is 0 Å². The van der Waals surface area contributed by atoms with Crippen LogP contribution in [-0.2, 0) is 0 Å². The van der Waals surface area contributed by atoms with Crippen molar-refractivity contribution in [1.82, 2.24) is 0 Å². The van der Waals surface area contributed by atoms with E-state index in [1.165, 1.54) is 18.2 Å². The highest BCUT2D eigenvalue weighted by Gasteiger charge is 1.95. The topological polar surface area (TPSA) is 49.7 Å². The summed E-state index contributed by atoms with van der Waals surface area (Å²) in [5, 5.41) is 11.3. The normalized spacial score (nSPS) is 8.89. The number of hydrogen-bond acceptors (Lipinski definition) is 3. The van der Waals surface area contributed by atoms with Gasteiger partial charge in [-0.2, -0.15) is 0 Å². The first-order valence-electron chi connectivity index (χ1n) is 2.37. The van der Waals surface area contributed by atoms with E-state index in [2.05, 4.69) is 11.2 Å². The molecular formula is C6H4NO2. The number of nitroso groups, excluding NO2 is 1. The molecule has 3 nitrogen and oxygen atoms in total. The average Bonchev–Trinajstić information content (AvgIpc) is 1.89. The van der Waals surface area contributed by atoms with E-state index in [0.29, 0.717) is 0 Å². The molecule has 1 N–H and O–H groups in total. The number of benzene rings is 1. The molecular weight excluding hydrogens is 118 g/mol. The van der Waals surface area contributed by atoms with Crippen molar-refractivity contribution < 1.29 is 5.11 Å². The fourth-order valence-electron chi connectivity index (χ4n) is 0.491. The zero-order chi connectivity index (χ0) is 6.69. The quantitative estimate of drug-likeness (QED) is 0.575. The molecule has 1 rings (SSSR count). The molecule has 0 heterocycles. The van der Waals surface area contributed by atoms with Crippen molar-refractivity contribution in [1.29, 1.82) is 0 Å². The Morgan fingerprint density at radius 3 is 2.89 bits per heavy atom. The van der Waals surface area contributed by atoms with Gasteiger partial charge in [0.1, 0.15) is 11.4 Å². The van der Waals surface area contributed by atoms with Gasteiger partial charge < -0.3 is 5.11 Å². The van der Waals surface area contributed by atoms with Crippen molar-refractivity contribution in [2.75, 3.05) is 0 Å². The van der Waals surface area contributed by atoms with E-state index in [4.69, 9.17) is 5.11 Å². The summed E-state index contributed by atoms with van der Waals surface area (Å²) in [7, 11) is 0. The lowest BCUT2D eigenvalue weighted by atomic mass is 10.3. The first kappa shape index (κ1) is 5.75. The standard InChI is InChI=1S/C6H4NO2/c8-6-4-2-1-3-5(6)7-9/h1,3-4,8H. The van der Waals surface area contributed by atoms with Crippen LogP contribution in [0.5, 0.6) is 5.75 Å². The van der Waals surface area contributed by atoms with Gasteiger partial charge in [-0.25, -0.2) is 0 Å². The van der Waals surface area contributed by atoms with E-state index >= 15 is 0 Å². The molecule has 1 aromatic rings. The van der Waals surface area contributed by atoms with E-state index in [-0.39, 0.29) is 11.4 Å². The first-order valence-corrected chi connectivity index (χ1v) is 2.37. The monoisotopic (exact) mass is 122 g/mol. The molecule has 0 aliphatic rings. The van der Waals surface area contributed by atoms with Crippen molar-refractivity contribution >= 4 is 5.69 Å². The summed E-state index contributed by atoms with van der Waals surface area (Å²) in [6.45, 7) is 0. The van der Waals surface area contributed by atoms with Crippen LogP contribution in [0.2, 0.25) is 0 Å². The minimum atomic E-state index is -0.132. The smallest absolute Gasteiger partial charge is 0.149 e. The van der Waals surface area contributed by atoms with Crippen LogP contribution in [0.3, 0.4) is 0 Å². The molecule has 0 aliphatic heterocycles. The summed E-state index contributed by atoms with van der Waals surface area (Å²) in [5.41, 5.74) is 0.0498. The predicted molar refractivity (Wildman–Crippen MR) is 32.4 cm³/mol. The van der Waals surface area contributed by atoms with Crippen LogP contribution in [0.15, 0.2) is 23.4 Å². The van der Waals surface area contributed by atoms with E-state index in [1.54, 1.807) is 0 Å². The maximum absolute atomic E-state index is 9.80. The molecule has 0 atom stereocenters. The molecule has 0 amide bonds. The maximum atomic E-state index is 9.80. The zero-order valence-electron chi connectivity index (χ0n) is 4.53. The van der Waals surface area contributed by atoms with Crippen LogP contribution in [0, 0.1) is 11.0 Å². The second-order valence-electron chi connectivity index (χ2n) is 1.51. The average molecular weight is 122 g/mol. The fourth-order valence-corrected chi connectivity index (χ4v) is 0.491. The van der Waals surface area contributed by atoms with Crippen LogP contribution in [0.25, 0.3) is 0 Å². The van der Waals surface area contributed by atoms with Crippen LogP contribution < -0.4 is 0 Å². The minimum Gasteiger partial charge on any atom is -0.506 e. The van der Waals surface area contributed by atoms with Gasteiger partial charge in [0, 0.05) is 0 Å². The Kier molecular flexibility index (Phi) is 1.44. The second kappa shape index (κ2) is 2.26. The van der Waals surface area contributed by atoms with Gasteiger partial charge in [-0.05, 0) is 23.4 Å². The molecule has 0 saturated carbocycles. The lowest BCUT2D eigenvalue weighted by molar-refractivity contribution is 0.476. The summed E-state index contributed by atoms with van der Waals surface area (Å²) in [6, 6.07) is 6.78. The number of rotatable bonds is 1. The van der Waals surface area contributed by atoms with Crippen LogP contribution in [0.1, 0.15) is 0 Å². The van der Waals surface area contributed by atoms with Crippen molar-refractivity contribution in [2.45, 2.75) is 0 Å². The molecule has 0 unspecified atom stereocenters. The van der Waals surface area contributed by atoms with Crippen molar-refractivity contribution in [3.63, 3.8) is 0 Å². The highest BCUT2D eigenvalue weighted by atomic mass is 16.3. The molecule has 9 heavy (non-hydrogen) atoms. The van der Waals surface area contributed by atoms with Gasteiger partial charge in [0.05, 0.1) is 0 Å². The largest absolute Gasteiger partial charge is 0.506 e. The SMILES string of the molecule is O=Nc1cc[c]cc1O. The Balaban J connectivity index is 3.15. The number of nitrogens with zero attached hydrogens (tertiary/aromatic N) is 1. The number of phenolic OH excluding ortho intramolecular Hbond substituents is 1. The molecule has 0 aliphatic carbocycles. The summed E-state index contributed by atoms with van der Waals surface area (Å²) in [6.07, 6.45) is 0. The van der Waals surface area contributed by atoms with Crippen molar-refractivity contribution in [3.05, 3.63) is 29.2 Å². The number of aromatic hydroxyl groups is 1. The Morgan fingerprint density at radius 1 is 1.67 bits per heavy atom. The molecule has 45 valence electrons. The molecule has 0 aromatic heterocycles. The maximum Gasteiger partial charge on any atom is 0.149 e. The Hall–Kier alpha value is -1.38. The van der Waals surface area contributed by atoms with Gasteiger partial charge >= 0.3 is 0 Å². The lowest BCUT2D eigenvalue weighted by Gasteiger charge is -1.89. The van der Waals surface area contributed by atoms with Crippen molar-refractivity contribution in [2.24, 2.45) is 5.18 Å². The molecule has 3 heteroatoms. The van der Waals surface area contributed by atoms with Gasteiger partial charge in [0.15, 0.2) is 0 Å². The molecule has 0 saturated heterocycles. The zero-order valence-corrected chi connectivity index (χ0v) is 4.53. The Labute approximate surface area is 51.9 Å². The summed E-state index contributed by atoms with van der Waals surface area (Å²) >= 11 is 0. The summed E-state index contributed by atoms with van der Waals surface area (Å²) in [4.78, 5) is 9.80. The molecule has 0 spiro atoms. The number of phenols is 1.